The van der Waals surface area contributed by atoms with E-state index in [0.717, 1.165) is 61.2 Å². The van der Waals surface area contributed by atoms with Gasteiger partial charge in [-0.05, 0) is 80.9 Å². The molecule has 4 nitrogen and oxygen atoms in total. The van der Waals surface area contributed by atoms with Gasteiger partial charge in [-0.3, -0.25) is 8.75 Å². The first-order valence-corrected chi connectivity index (χ1v) is 12.5. The Bertz CT molecular complexity index is 1040. The third-order valence-corrected chi connectivity index (χ3v) is 7.64. The number of aromatic nitrogens is 1. The monoisotopic (exact) mass is 438 g/mol. The minimum absolute atomic E-state index is 0.169. The first kappa shape index (κ1) is 22.1. The van der Waals surface area contributed by atoms with Crippen LogP contribution in [0.25, 0.3) is 10.1 Å². The summed E-state index contributed by atoms with van der Waals surface area (Å²) in [6.07, 6.45) is 8.07. The lowest BCUT2D eigenvalue weighted by Crippen LogP contribution is -2.40. The molecular formula is C26H34N2O2S. The van der Waals surface area contributed by atoms with Crippen LogP contribution >= 0.6 is 11.5 Å². The number of ether oxygens (including phenoxy) is 1. The van der Waals surface area contributed by atoms with Gasteiger partial charge in [-0.1, -0.05) is 49.1 Å². The highest BCUT2D eigenvalue weighted by Gasteiger charge is 2.25. The molecule has 0 aliphatic heterocycles. The van der Waals surface area contributed by atoms with E-state index in [0.29, 0.717) is 6.04 Å². The highest BCUT2D eigenvalue weighted by Crippen LogP contribution is 2.31. The van der Waals surface area contributed by atoms with Gasteiger partial charge in [0.2, 0.25) is 0 Å². The van der Waals surface area contributed by atoms with Crippen LogP contribution in [0.1, 0.15) is 50.2 Å². The second-order valence-corrected chi connectivity index (χ2v) is 9.65. The summed E-state index contributed by atoms with van der Waals surface area (Å²) in [7, 11) is 1.78. The van der Waals surface area contributed by atoms with Crippen LogP contribution in [0.5, 0.6) is 5.75 Å². The van der Waals surface area contributed by atoms with E-state index >= 15 is 0 Å². The molecule has 1 aromatic heterocycles. The molecule has 0 fully saturated rings. The molecule has 2 aromatic carbocycles. The number of hydrogen-bond donors (Lipinski definition) is 0. The van der Waals surface area contributed by atoms with Gasteiger partial charge in [-0.2, -0.15) is 0 Å². The lowest BCUT2D eigenvalue weighted by molar-refractivity contribution is 0.174. The van der Waals surface area contributed by atoms with Gasteiger partial charge in [0, 0.05) is 12.6 Å². The molecule has 1 aliphatic rings. The molecule has 0 spiro atoms. The van der Waals surface area contributed by atoms with E-state index in [1.54, 1.807) is 18.6 Å². The maximum absolute atomic E-state index is 12.5. The van der Waals surface area contributed by atoms with Crippen molar-refractivity contribution in [3.8, 4) is 5.75 Å². The van der Waals surface area contributed by atoms with Gasteiger partial charge >= 0.3 is 0 Å². The molecule has 0 radical (unpaired) electrons. The summed E-state index contributed by atoms with van der Waals surface area (Å²) in [5, 5.41) is 0.856. The Balaban J connectivity index is 1.30. The molecule has 166 valence electrons. The zero-order valence-corrected chi connectivity index (χ0v) is 19.6. The van der Waals surface area contributed by atoms with E-state index in [9.17, 15) is 4.79 Å². The zero-order valence-electron chi connectivity index (χ0n) is 18.8. The Morgan fingerprint density at radius 2 is 1.97 bits per heavy atom. The van der Waals surface area contributed by atoms with E-state index in [2.05, 4.69) is 30.0 Å². The van der Waals surface area contributed by atoms with Crippen molar-refractivity contribution < 1.29 is 4.74 Å². The van der Waals surface area contributed by atoms with Crippen LogP contribution in [0.3, 0.4) is 0 Å². The Morgan fingerprint density at radius 1 is 1.10 bits per heavy atom. The topological polar surface area (TPSA) is 34.5 Å². The van der Waals surface area contributed by atoms with Crippen molar-refractivity contribution >= 4 is 21.6 Å². The quantitative estimate of drug-likeness (QED) is 0.391. The number of rotatable bonds is 10. The SMILES string of the molecule is CCCN(CCCCCn1sc2ccccc2c1=O)C1CCc2cccc(OC)c2C1. The summed E-state index contributed by atoms with van der Waals surface area (Å²) in [6, 6.07) is 15.0. The molecule has 4 rings (SSSR count). The highest BCUT2D eigenvalue weighted by atomic mass is 32.1. The molecule has 0 N–H and O–H groups in total. The predicted octanol–water partition coefficient (Wildman–Crippen LogP) is 5.51. The fourth-order valence-corrected chi connectivity index (χ4v) is 5.95. The van der Waals surface area contributed by atoms with E-state index < -0.39 is 0 Å². The van der Waals surface area contributed by atoms with Crippen molar-refractivity contribution in [2.24, 2.45) is 0 Å². The number of fused-ring (bicyclic) bond motifs is 2. The molecule has 5 heteroatoms. The number of aryl methyl sites for hydroxylation is 2. The summed E-state index contributed by atoms with van der Waals surface area (Å²) in [5.41, 5.74) is 3.04. The average molecular weight is 439 g/mol. The normalized spacial score (nSPS) is 16.0. The minimum Gasteiger partial charge on any atom is -0.496 e. The maximum atomic E-state index is 12.5. The third-order valence-electron chi connectivity index (χ3n) is 6.52. The summed E-state index contributed by atoms with van der Waals surface area (Å²) >= 11 is 1.60. The molecule has 0 saturated heterocycles. The third kappa shape index (κ3) is 5.04. The van der Waals surface area contributed by atoms with Crippen LogP contribution in [0.4, 0.5) is 0 Å². The summed E-state index contributed by atoms with van der Waals surface area (Å²) in [5.74, 6) is 1.05. The van der Waals surface area contributed by atoms with Crippen molar-refractivity contribution in [2.45, 2.75) is 64.5 Å². The van der Waals surface area contributed by atoms with Crippen LogP contribution in [0.2, 0.25) is 0 Å². The Labute approximate surface area is 189 Å². The molecule has 0 bridgehead atoms. The first-order chi connectivity index (χ1) is 15.2. The average Bonchev–Trinajstić information content (AvgIpc) is 3.13. The van der Waals surface area contributed by atoms with Gasteiger partial charge in [0.05, 0.1) is 17.2 Å². The largest absolute Gasteiger partial charge is 0.496 e. The van der Waals surface area contributed by atoms with Crippen molar-refractivity contribution in [3.63, 3.8) is 0 Å². The van der Waals surface area contributed by atoms with Gasteiger partial charge in [0.15, 0.2) is 0 Å². The highest BCUT2D eigenvalue weighted by molar-refractivity contribution is 7.13. The van der Waals surface area contributed by atoms with Crippen molar-refractivity contribution in [2.75, 3.05) is 20.2 Å². The van der Waals surface area contributed by atoms with Crippen LogP contribution < -0.4 is 10.3 Å². The molecule has 1 heterocycles. The molecule has 1 atom stereocenters. The predicted molar refractivity (Wildman–Crippen MR) is 131 cm³/mol. The number of benzene rings is 2. The Morgan fingerprint density at radius 3 is 2.77 bits per heavy atom. The van der Waals surface area contributed by atoms with E-state index in [1.807, 2.05) is 28.2 Å². The van der Waals surface area contributed by atoms with E-state index in [1.165, 1.54) is 30.4 Å². The van der Waals surface area contributed by atoms with Crippen LogP contribution in [0.15, 0.2) is 47.3 Å². The number of nitrogens with zero attached hydrogens (tertiary/aromatic N) is 2. The van der Waals surface area contributed by atoms with Gasteiger partial charge in [0.1, 0.15) is 5.75 Å². The van der Waals surface area contributed by atoms with Crippen LogP contribution in [-0.2, 0) is 19.4 Å². The van der Waals surface area contributed by atoms with Gasteiger partial charge in [-0.15, -0.1) is 0 Å². The number of methoxy groups -OCH3 is 1. The molecule has 3 aromatic rings. The van der Waals surface area contributed by atoms with Gasteiger partial charge in [0.25, 0.3) is 5.56 Å². The van der Waals surface area contributed by atoms with Crippen molar-refractivity contribution in [3.05, 3.63) is 63.9 Å². The smallest absolute Gasteiger partial charge is 0.268 e. The summed E-state index contributed by atoms with van der Waals surface area (Å²) < 4.78 is 8.66. The van der Waals surface area contributed by atoms with Crippen LogP contribution in [0, 0.1) is 0 Å². The molecule has 0 amide bonds. The standard InChI is InChI=1S/C26H34N2O2S/c1-3-16-27(21-15-14-20-10-9-12-24(30-2)23(20)19-21)17-7-4-8-18-28-26(29)22-11-5-6-13-25(22)31-28/h5-6,9-13,21H,3-4,7-8,14-19H2,1-2H3. The van der Waals surface area contributed by atoms with Gasteiger partial charge < -0.3 is 9.64 Å². The lowest BCUT2D eigenvalue weighted by Gasteiger charge is -2.35. The number of hydrogen-bond acceptors (Lipinski definition) is 4. The van der Waals surface area contributed by atoms with Crippen molar-refractivity contribution in [1.82, 2.24) is 8.86 Å². The summed E-state index contributed by atoms with van der Waals surface area (Å²) in [4.78, 5) is 15.2. The van der Waals surface area contributed by atoms with Crippen molar-refractivity contribution in [1.29, 1.82) is 0 Å². The maximum Gasteiger partial charge on any atom is 0.268 e. The molecule has 1 unspecified atom stereocenters. The Hall–Kier alpha value is -2.11. The first-order valence-electron chi connectivity index (χ1n) is 11.7. The second kappa shape index (κ2) is 10.5. The molecule has 0 saturated carbocycles. The molecule has 31 heavy (non-hydrogen) atoms. The van der Waals surface area contributed by atoms with Gasteiger partial charge in [-0.25, -0.2) is 0 Å². The van der Waals surface area contributed by atoms with Crippen LogP contribution in [-0.4, -0.2) is 35.1 Å². The number of unbranched alkanes of at least 4 members (excludes halogenated alkanes) is 2. The molecular weight excluding hydrogens is 404 g/mol. The second-order valence-electron chi connectivity index (χ2n) is 8.59. The van der Waals surface area contributed by atoms with E-state index in [-0.39, 0.29) is 5.56 Å². The van der Waals surface area contributed by atoms with E-state index in [4.69, 9.17) is 4.74 Å². The lowest BCUT2D eigenvalue weighted by atomic mass is 9.86. The zero-order chi connectivity index (χ0) is 21.6. The minimum atomic E-state index is 0.169. The molecule has 1 aliphatic carbocycles. The fraction of sp³-hybridized carbons (Fsp3) is 0.500. The summed E-state index contributed by atoms with van der Waals surface area (Å²) in [6.45, 7) is 5.41. The Kier molecular flexibility index (Phi) is 7.46. The fourth-order valence-electron chi connectivity index (χ4n) is 4.92.